The van der Waals surface area contributed by atoms with Crippen molar-refractivity contribution in [1.29, 1.82) is 0 Å². The second-order valence-electron chi connectivity index (χ2n) is 5.50. The number of anilines is 1. The first kappa shape index (κ1) is 12.8. The van der Waals surface area contributed by atoms with E-state index in [1.165, 1.54) is 31.4 Å². The van der Waals surface area contributed by atoms with Gasteiger partial charge in [-0.1, -0.05) is 6.42 Å². The van der Waals surface area contributed by atoms with E-state index in [1.54, 1.807) is 0 Å². The third-order valence-corrected chi connectivity index (χ3v) is 4.45. The van der Waals surface area contributed by atoms with E-state index in [4.69, 9.17) is 12.2 Å². The molecule has 0 aliphatic heterocycles. The van der Waals surface area contributed by atoms with Crippen LogP contribution in [0.25, 0.3) is 0 Å². The molecule has 102 valence electrons. The molecular weight excluding hydrogens is 266 g/mol. The van der Waals surface area contributed by atoms with Crippen molar-refractivity contribution in [3.63, 3.8) is 0 Å². The summed E-state index contributed by atoms with van der Waals surface area (Å²) in [6.07, 6.45) is 5.02. The number of benzene rings is 1. The van der Waals surface area contributed by atoms with Crippen LogP contribution in [0.2, 0.25) is 0 Å². The van der Waals surface area contributed by atoms with Gasteiger partial charge < -0.3 is 10.6 Å². The lowest BCUT2D eigenvalue weighted by molar-refractivity contribution is 0.391. The lowest BCUT2D eigenvalue weighted by atomic mass is 9.96. The second kappa shape index (κ2) is 5.04. The topological polar surface area (TPSA) is 24.1 Å². The van der Waals surface area contributed by atoms with E-state index in [2.05, 4.69) is 10.6 Å². The molecule has 0 aromatic heterocycles. The van der Waals surface area contributed by atoms with Crippen LogP contribution >= 0.6 is 12.2 Å². The summed E-state index contributed by atoms with van der Waals surface area (Å²) < 4.78 is 26.3. The molecule has 0 heterocycles. The molecule has 0 radical (unpaired) electrons. The molecule has 2 saturated carbocycles. The fourth-order valence-electron chi connectivity index (χ4n) is 3.34. The standard InChI is InChI=1S/C14H16F2N2S/c15-10-3-4-12(11(16)7-10)17-14(19)18-13-6-8-1-2-9(13)5-8/h3-4,7-9,13H,1-2,5-6H2,(H2,17,18,19)/t8-,9+,13+/m0/s1. The second-order valence-corrected chi connectivity index (χ2v) is 5.91. The van der Waals surface area contributed by atoms with Crippen LogP contribution in [0.1, 0.15) is 25.7 Å². The van der Waals surface area contributed by atoms with Crippen molar-refractivity contribution in [3.8, 4) is 0 Å². The van der Waals surface area contributed by atoms with Gasteiger partial charge in [0.05, 0.1) is 5.69 Å². The van der Waals surface area contributed by atoms with Gasteiger partial charge in [-0.15, -0.1) is 0 Å². The summed E-state index contributed by atoms with van der Waals surface area (Å²) in [5.74, 6) is 0.308. The van der Waals surface area contributed by atoms with Crippen molar-refractivity contribution < 1.29 is 8.78 Å². The molecule has 2 aliphatic rings. The van der Waals surface area contributed by atoms with Crippen molar-refractivity contribution in [2.75, 3.05) is 5.32 Å². The number of thiocarbonyl (C=S) groups is 1. The highest BCUT2D eigenvalue weighted by Crippen LogP contribution is 2.44. The molecule has 1 aromatic rings. The van der Waals surface area contributed by atoms with E-state index in [-0.39, 0.29) is 5.69 Å². The summed E-state index contributed by atoms with van der Waals surface area (Å²) in [5.41, 5.74) is 0.210. The third kappa shape index (κ3) is 2.71. The number of rotatable bonds is 2. The Morgan fingerprint density at radius 2 is 2.05 bits per heavy atom. The van der Waals surface area contributed by atoms with E-state index >= 15 is 0 Å². The first-order valence-electron chi connectivity index (χ1n) is 6.64. The molecule has 0 amide bonds. The predicted molar refractivity (Wildman–Crippen MR) is 75.0 cm³/mol. The Hall–Kier alpha value is -1.23. The van der Waals surface area contributed by atoms with Gasteiger partial charge in [-0.2, -0.15) is 0 Å². The quantitative estimate of drug-likeness (QED) is 0.813. The van der Waals surface area contributed by atoms with Crippen molar-refractivity contribution >= 4 is 23.0 Å². The highest BCUT2D eigenvalue weighted by Gasteiger charge is 2.39. The van der Waals surface area contributed by atoms with Gasteiger partial charge >= 0.3 is 0 Å². The third-order valence-electron chi connectivity index (χ3n) is 4.23. The Morgan fingerprint density at radius 3 is 2.68 bits per heavy atom. The highest BCUT2D eigenvalue weighted by atomic mass is 32.1. The van der Waals surface area contributed by atoms with Gasteiger partial charge in [-0.3, -0.25) is 0 Å². The zero-order valence-electron chi connectivity index (χ0n) is 10.5. The molecule has 2 aliphatic carbocycles. The SMILES string of the molecule is Fc1ccc(NC(=S)N[C@@H]2C[C@H]3CC[C@@H]2C3)c(F)c1. The van der Waals surface area contributed by atoms with Crippen molar-refractivity contribution in [2.45, 2.75) is 31.7 Å². The molecule has 3 atom stereocenters. The molecule has 0 unspecified atom stereocenters. The minimum Gasteiger partial charge on any atom is -0.359 e. The Labute approximate surface area is 116 Å². The van der Waals surface area contributed by atoms with Crippen LogP contribution in [0.3, 0.4) is 0 Å². The molecule has 5 heteroatoms. The Kier molecular flexibility index (Phi) is 3.39. The normalized spacial score (nSPS) is 28.4. The monoisotopic (exact) mass is 282 g/mol. The average molecular weight is 282 g/mol. The average Bonchev–Trinajstić information content (AvgIpc) is 2.95. The Morgan fingerprint density at radius 1 is 1.21 bits per heavy atom. The van der Waals surface area contributed by atoms with Crippen molar-refractivity contribution in [2.24, 2.45) is 11.8 Å². The Balaban J connectivity index is 1.59. The van der Waals surface area contributed by atoms with Gasteiger partial charge in [0.2, 0.25) is 0 Å². The summed E-state index contributed by atoms with van der Waals surface area (Å²) in [4.78, 5) is 0. The van der Waals surface area contributed by atoms with Crippen molar-refractivity contribution in [1.82, 2.24) is 5.32 Å². The number of hydrogen-bond donors (Lipinski definition) is 2. The van der Waals surface area contributed by atoms with E-state index in [0.717, 1.165) is 18.4 Å². The zero-order valence-corrected chi connectivity index (χ0v) is 11.3. The van der Waals surface area contributed by atoms with Crippen LogP contribution < -0.4 is 10.6 Å². The fourth-order valence-corrected chi connectivity index (χ4v) is 3.60. The largest absolute Gasteiger partial charge is 0.359 e. The molecule has 1 aromatic carbocycles. The lowest BCUT2D eigenvalue weighted by Gasteiger charge is -2.24. The smallest absolute Gasteiger partial charge is 0.171 e. The maximum absolute atomic E-state index is 13.5. The van der Waals surface area contributed by atoms with E-state index in [1.807, 2.05) is 0 Å². The molecule has 19 heavy (non-hydrogen) atoms. The fraction of sp³-hybridized carbons (Fsp3) is 0.500. The summed E-state index contributed by atoms with van der Waals surface area (Å²) in [7, 11) is 0. The molecular formula is C14H16F2N2S. The molecule has 2 bridgehead atoms. The predicted octanol–water partition coefficient (Wildman–Crippen LogP) is 3.44. The van der Waals surface area contributed by atoms with Crippen LogP contribution in [-0.2, 0) is 0 Å². The molecule has 2 N–H and O–H groups in total. The molecule has 3 rings (SSSR count). The number of nitrogens with one attached hydrogen (secondary N) is 2. The minimum absolute atomic E-state index is 0.210. The van der Waals surface area contributed by atoms with E-state index in [0.29, 0.717) is 17.1 Å². The number of hydrogen-bond acceptors (Lipinski definition) is 1. The molecule has 0 spiro atoms. The summed E-state index contributed by atoms with van der Waals surface area (Å²) in [6.45, 7) is 0. The molecule has 2 fully saturated rings. The highest BCUT2D eigenvalue weighted by molar-refractivity contribution is 7.80. The van der Waals surface area contributed by atoms with Crippen LogP contribution in [-0.4, -0.2) is 11.2 Å². The van der Waals surface area contributed by atoms with E-state index in [9.17, 15) is 8.78 Å². The Bertz CT molecular complexity index is 506. The van der Waals surface area contributed by atoms with Crippen LogP contribution in [0.15, 0.2) is 18.2 Å². The number of fused-ring (bicyclic) bond motifs is 2. The summed E-state index contributed by atoms with van der Waals surface area (Å²) >= 11 is 5.20. The minimum atomic E-state index is -0.628. The zero-order chi connectivity index (χ0) is 13.4. The summed E-state index contributed by atoms with van der Waals surface area (Å²) in [6, 6.07) is 3.83. The molecule has 0 saturated heterocycles. The van der Waals surface area contributed by atoms with Crippen molar-refractivity contribution in [3.05, 3.63) is 29.8 Å². The first-order valence-corrected chi connectivity index (χ1v) is 7.05. The van der Waals surface area contributed by atoms with Gasteiger partial charge in [-0.25, -0.2) is 8.78 Å². The summed E-state index contributed by atoms with van der Waals surface area (Å²) in [5, 5.41) is 6.48. The first-order chi connectivity index (χ1) is 9.11. The van der Waals surface area contributed by atoms with Crippen LogP contribution in [0, 0.1) is 23.5 Å². The maximum atomic E-state index is 13.5. The van der Waals surface area contributed by atoms with Crippen LogP contribution in [0.4, 0.5) is 14.5 Å². The van der Waals surface area contributed by atoms with Gasteiger partial charge in [0.15, 0.2) is 5.11 Å². The van der Waals surface area contributed by atoms with Crippen LogP contribution in [0.5, 0.6) is 0 Å². The molecule has 2 nitrogen and oxygen atoms in total. The van der Waals surface area contributed by atoms with Gasteiger partial charge in [0, 0.05) is 12.1 Å². The van der Waals surface area contributed by atoms with Gasteiger partial charge in [-0.05, 0) is 55.4 Å². The number of halogens is 2. The van der Waals surface area contributed by atoms with Gasteiger partial charge in [0.1, 0.15) is 11.6 Å². The van der Waals surface area contributed by atoms with E-state index < -0.39 is 11.6 Å². The van der Waals surface area contributed by atoms with Gasteiger partial charge in [0.25, 0.3) is 0 Å². The maximum Gasteiger partial charge on any atom is 0.171 e. The lowest BCUT2D eigenvalue weighted by Crippen LogP contribution is -2.40.